The minimum Gasteiger partial charge on any atom is -0.318 e. The number of hydrazine groups is 1. The zero-order valence-corrected chi connectivity index (χ0v) is 7.32. The predicted octanol–water partition coefficient (Wildman–Crippen LogP) is 1.30. The minimum atomic E-state index is -0.0845. The average Bonchev–Trinajstić information content (AvgIpc) is 2.04. The Labute approximate surface area is 72.1 Å². The van der Waals surface area contributed by atoms with E-state index in [0.29, 0.717) is 4.99 Å². The summed E-state index contributed by atoms with van der Waals surface area (Å²) in [6, 6.07) is 0. The summed E-state index contributed by atoms with van der Waals surface area (Å²) < 4.78 is 0. The fourth-order valence-corrected chi connectivity index (χ4v) is 1.21. The molecule has 11 heavy (non-hydrogen) atoms. The van der Waals surface area contributed by atoms with Crippen molar-refractivity contribution < 1.29 is 0 Å². The van der Waals surface area contributed by atoms with Gasteiger partial charge in [-0.15, -0.1) is 0 Å². The van der Waals surface area contributed by atoms with Gasteiger partial charge in [-0.1, -0.05) is 36.5 Å². The molecule has 1 unspecified atom stereocenters. The van der Waals surface area contributed by atoms with Gasteiger partial charge < -0.3 is 5.43 Å². The number of thiocarbonyl (C=S) groups is 1. The van der Waals surface area contributed by atoms with Gasteiger partial charge in [0.25, 0.3) is 0 Å². The van der Waals surface area contributed by atoms with E-state index in [2.05, 4.69) is 24.5 Å². The van der Waals surface area contributed by atoms with Crippen molar-refractivity contribution in [1.82, 2.24) is 5.43 Å². The monoisotopic (exact) mass is 168 g/mol. The van der Waals surface area contributed by atoms with Crippen LogP contribution < -0.4 is 11.3 Å². The van der Waals surface area contributed by atoms with E-state index in [4.69, 9.17) is 18.1 Å². The molecule has 1 aliphatic rings. The van der Waals surface area contributed by atoms with Crippen molar-refractivity contribution >= 4 is 17.2 Å². The van der Waals surface area contributed by atoms with Gasteiger partial charge in [-0.2, -0.15) is 0 Å². The number of rotatable bonds is 1. The molecule has 1 rings (SSSR count). The van der Waals surface area contributed by atoms with Gasteiger partial charge in [0.2, 0.25) is 0 Å². The number of hydrogen-bond acceptors (Lipinski definition) is 2. The molecule has 0 aromatic carbocycles. The fourth-order valence-electron chi connectivity index (χ4n) is 1.06. The number of nitrogens with one attached hydrogen (secondary N) is 1. The highest BCUT2D eigenvalue weighted by Gasteiger charge is 2.25. The third-order valence-electron chi connectivity index (χ3n) is 1.90. The van der Waals surface area contributed by atoms with E-state index in [1.165, 1.54) is 0 Å². The maximum atomic E-state index is 5.24. The number of hydrogen-bond donors (Lipinski definition) is 2. The summed E-state index contributed by atoms with van der Waals surface area (Å²) in [5.41, 5.74) is 2.44. The smallest absolute Gasteiger partial charge is 0.0994 e. The SMILES string of the molecule is CC1(C(=S)NN)C=CC=CC1. The molecular formula is C8H12N2S. The van der Waals surface area contributed by atoms with Crippen LogP contribution in [0.3, 0.4) is 0 Å². The van der Waals surface area contributed by atoms with Crippen LogP contribution in [0.2, 0.25) is 0 Å². The highest BCUT2D eigenvalue weighted by Crippen LogP contribution is 2.27. The Morgan fingerprint density at radius 3 is 2.82 bits per heavy atom. The summed E-state index contributed by atoms with van der Waals surface area (Å²) in [6.07, 6.45) is 9.08. The van der Waals surface area contributed by atoms with Crippen LogP contribution in [0.4, 0.5) is 0 Å². The van der Waals surface area contributed by atoms with Crippen LogP contribution >= 0.6 is 12.2 Å². The lowest BCUT2D eigenvalue weighted by atomic mass is 9.84. The van der Waals surface area contributed by atoms with Gasteiger partial charge >= 0.3 is 0 Å². The molecule has 0 heterocycles. The third kappa shape index (κ3) is 1.67. The van der Waals surface area contributed by atoms with Gasteiger partial charge in [0.1, 0.15) is 0 Å². The fraction of sp³-hybridized carbons (Fsp3) is 0.375. The third-order valence-corrected chi connectivity index (χ3v) is 2.49. The van der Waals surface area contributed by atoms with Crippen molar-refractivity contribution in [2.45, 2.75) is 13.3 Å². The molecule has 3 heteroatoms. The Morgan fingerprint density at radius 1 is 1.64 bits per heavy atom. The van der Waals surface area contributed by atoms with E-state index in [0.717, 1.165) is 6.42 Å². The first-order valence-corrected chi connectivity index (χ1v) is 3.95. The van der Waals surface area contributed by atoms with Crippen LogP contribution in [0.1, 0.15) is 13.3 Å². The summed E-state index contributed by atoms with van der Waals surface area (Å²) in [7, 11) is 0. The lowest BCUT2D eigenvalue weighted by Crippen LogP contribution is -2.40. The number of allylic oxidation sites excluding steroid dienone is 3. The second-order valence-corrected chi connectivity index (χ2v) is 3.29. The van der Waals surface area contributed by atoms with Crippen molar-refractivity contribution in [2.24, 2.45) is 11.3 Å². The molecule has 0 saturated heterocycles. The molecule has 0 aromatic heterocycles. The second kappa shape index (κ2) is 3.15. The number of nitrogens with two attached hydrogens (primary N) is 1. The van der Waals surface area contributed by atoms with E-state index >= 15 is 0 Å². The van der Waals surface area contributed by atoms with Crippen LogP contribution in [0.5, 0.6) is 0 Å². The maximum Gasteiger partial charge on any atom is 0.0994 e. The van der Waals surface area contributed by atoms with Crippen molar-refractivity contribution in [3.05, 3.63) is 24.3 Å². The Morgan fingerprint density at radius 2 is 2.36 bits per heavy atom. The lowest BCUT2D eigenvalue weighted by molar-refractivity contribution is 0.589. The maximum absolute atomic E-state index is 5.24. The first kappa shape index (κ1) is 8.43. The molecule has 0 amide bonds. The molecular weight excluding hydrogens is 156 g/mol. The van der Waals surface area contributed by atoms with Gasteiger partial charge in [0.05, 0.1) is 4.99 Å². The molecule has 0 aromatic rings. The molecule has 0 spiro atoms. The Kier molecular flexibility index (Phi) is 2.42. The summed E-state index contributed by atoms with van der Waals surface area (Å²) in [5, 5.41) is 0. The Balaban J connectivity index is 2.75. The average molecular weight is 168 g/mol. The van der Waals surface area contributed by atoms with Crippen molar-refractivity contribution in [3.63, 3.8) is 0 Å². The summed E-state index contributed by atoms with van der Waals surface area (Å²) >= 11 is 5.07. The summed E-state index contributed by atoms with van der Waals surface area (Å²) in [6.45, 7) is 2.06. The first-order valence-electron chi connectivity index (χ1n) is 3.54. The molecule has 1 aliphatic carbocycles. The van der Waals surface area contributed by atoms with Crippen LogP contribution in [-0.4, -0.2) is 4.99 Å². The minimum absolute atomic E-state index is 0.0845. The van der Waals surface area contributed by atoms with E-state index in [9.17, 15) is 0 Å². The van der Waals surface area contributed by atoms with Gasteiger partial charge in [-0.3, -0.25) is 5.84 Å². The van der Waals surface area contributed by atoms with Gasteiger partial charge in [0, 0.05) is 5.41 Å². The first-order chi connectivity index (χ1) is 5.19. The lowest BCUT2D eigenvalue weighted by Gasteiger charge is -2.26. The molecule has 60 valence electrons. The van der Waals surface area contributed by atoms with Crippen LogP contribution in [0.15, 0.2) is 24.3 Å². The molecule has 0 bridgehead atoms. The van der Waals surface area contributed by atoms with E-state index in [1.54, 1.807) is 0 Å². The highest BCUT2D eigenvalue weighted by molar-refractivity contribution is 7.80. The largest absolute Gasteiger partial charge is 0.318 e. The van der Waals surface area contributed by atoms with Crippen molar-refractivity contribution in [2.75, 3.05) is 0 Å². The van der Waals surface area contributed by atoms with E-state index < -0.39 is 0 Å². The molecule has 0 fully saturated rings. The molecule has 3 N–H and O–H groups in total. The van der Waals surface area contributed by atoms with Crippen LogP contribution in [0, 0.1) is 5.41 Å². The van der Waals surface area contributed by atoms with E-state index in [-0.39, 0.29) is 5.41 Å². The summed E-state index contributed by atoms with van der Waals surface area (Å²) in [5.74, 6) is 5.24. The normalized spacial score (nSPS) is 28.5. The van der Waals surface area contributed by atoms with Gasteiger partial charge in [0.15, 0.2) is 0 Å². The van der Waals surface area contributed by atoms with Crippen molar-refractivity contribution in [1.29, 1.82) is 0 Å². The topological polar surface area (TPSA) is 38.0 Å². The predicted molar refractivity (Wildman–Crippen MR) is 50.9 cm³/mol. The second-order valence-electron chi connectivity index (χ2n) is 2.88. The van der Waals surface area contributed by atoms with Crippen LogP contribution in [-0.2, 0) is 0 Å². The zero-order valence-electron chi connectivity index (χ0n) is 6.50. The standard InChI is InChI=1S/C8H12N2S/c1-8(7(11)10-9)5-3-2-4-6-8/h2-5H,6,9H2,1H3,(H,10,11). The van der Waals surface area contributed by atoms with Gasteiger partial charge in [-0.25, -0.2) is 0 Å². The highest BCUT2D eigenvalue weighted by atomic mass is 32.1. The van der Waals surface area contributed by atoms with Crippen LogP contribution in [0.25, 0.3) is 0 Å². The molecule has 1 atom stereocenters. The Hall–Kier alpha value is -0.670. The van der Waals surface area contributed by atoms with Crippen molar-refractivity contribution in [3.8, 4) is 0 Å². The molecule has 0 aliphatic heterocycles. The Bertz CT molecular complexity index is 220. The quantitative estimate of drug-likeness (QED) is 0.352. The molecule has 2 nitrogen and oxygen atoms in total. The molecule has 0 radical (unpaired) electrons. The zero-order chi connectivity index (χ0) is 8.32. The summed E-state index contributed by atoms with van der Waals surface area (Å²) in [4.78, 5) is 0.693. The van der Waals surface area contributed by atoms with Gasteiger partial charge in [-0.05, 0) is 13.3 Å². The van der Waals surface area contributed by atoms with E-state index in [1.807, 2.05) is 12.2 Å². The molecule has 0 saturated carbocycles.